The number of ether oxygens (including phenoxy) is 3. The average molecular weight is 223 g/mol. The number of amides is 1. The standard InChI is InChI=1S/C11H13NO4/c1-12-7-4-9(14-2)10(15-3)5-8(7)16-6-11(12)13/h4-5H,6H2,1-3H3. The quantitative estimate of drug-likeness (QED) is 0.752. The summed E-state index contributed by atoms with van der Waals surface area (Å²) in [5.41, 5.74) is 0.689. The Balaban J connectivity index is 2.52. The first-order valence-electron chi connectivity index (χ1n) is 4.82. The number of benzene rings is 1. The molecule has 0 N–H and O–H groups in total. The molecule has 16 heavy (non-hydrogen) atoms. The highest BCUT2D eigenvalue weighted by atomic mass is 16.5. The molecule has 1 amide bonds. The lowest BCUT2D eigenvalue weighted by Crippen LogP contribution is -2.35. The van der Waals surface area contributed by atoms with Gasteiger partial charge >= 0.3 is 0 Å². The Morgan fingerprint density at radius 2 is 1.88 bits per heavy atom. The maximum atomic E-state index is 11.4. The molecule has 0 fully saturated rings. The van der Waals surface area contributed by atoms with Gasteiger partial charge in [0, 0.05) is 19.2 Å². The van der Waals surface area contributed by atoms with Crippen molar-refractivity contribution in [3.05, 3.63) is 12.1 Å². The summed E-state index contributed by atoms with van der Waals surface area (Å²) in [6.45, 7) is 0.0545. The van der Waals surface area contributed by atoms with Gasteiger partial charge in [-0.3, -0.25) is 4.79 Å². The molecule has 0 unspecified atom stereocenters. The molecule has 86 valence electrons. The van der Waals surface area contributed by atoms with E-state index in [4.69, 9.17) is 14.2 Å². The van der Waals surface area contributed by atoms with E-state index in [0.717, 1.165) is 0 Å². The smallest absolute Gasteiger partial charge is 0.264 e. The van der Waals surface area contributed by atoms with E-state index in [-0.39, 0.29) is 12.5 Å². The van der Waals surface area contributed by atoms with Gasteiger partial charge in [0.2, 0.25) is 0 Å². The van der Waals surface area contributed by atoms with E-state index in [0.29, 0.717) is 22.9 Å². The topological polar surface area (TPSA) is 48.0 Å². The number of anilines is 1. The lowest BCUT2D eigenvalue weighted by molar-refractivity contribution is -0.120. The van der Waals surface area contributed by atoms with Crippen molar-refractivity contribution in [2.75, 3.05) is 32.8 Å². The van der Waals surface area contributed by atoms with E-state index in [1.807, 2.05) is 0 Å². The monoisotopic (exact) mass is 223 g/mol. The van der Waals surface area contributed by atoms with E-state index < -0.39 is 0 Å². The molecule has 1 aromatic carbocycles. The molecule has 0 bridgehead atoms. The molecule has 1 aromatic rings. The highest BCUT2D eigenvalue weighted by Gasteiger charge is 2.24. The Labute approximate surface area is 93.5 Å². The molecular formula is C11H13NO4. The van der Waals surface area contributed by atoms with Crippen LogP contribution in [0, 0.1) is 0 Å². The van der Waals surface area contributed by atoms with E-state index in [2.05, 4.69) is 0 Å². The normalized spacial score (nSPS) is 14.2. The molecule has 1 aliphatic rings. The summed E-state index contributed by atoms with van der Waals surface area (Å²) in [5.74, 6) is 1.70. The summed E-state index contributed by atoms with van der Waals surface area (Å²) in [6, 6.07) is 3.45. The fourth-order valence-corrected chi connectivity index (χ4v) is 1.60. The second kappa shape index (κ2) is 3.92. The van der Waals surface area contributed by atoms with Crippen molar-refractivity contribution < 1.29 is 19.0 Å². The maximum Gasteiger partial charge on any atom is 0.264 e. The SMILES string of the molecule is COc1cc2c(cc1OC)N(C)C(=O)CO2. The van der Waals surface area contributed by atoms with E-state index >= 15 is 0 Å². The van der Waals surface area contributed by atoms with Crippen molar-refractivity contribution in [3.8, 4) is 17.2 Å². The Hall–Kier alpha value is -1.91. The van der Waals surface area contributed by atoms with Gasteiger partial charge in [0.05, 0.1) is 19.9 Å². The summed E-state index contributed by atoms with van der Waals surface area (Å²) in [5, 5.41) is 0. The van der Waals surface area contributed by atoms with Crippen LogP contribution in [-0.4, -0.2) is 33.8 Å². The van der Waals surface area contributed by atoms with E-state index in [1.54, 1.807) is 38.3 Å². The van der Waals surface area contributed by atoms with Gasteiger partial charge in [0.1, 0.15) is 5.75 Å². The van der Waals surface area contributed by atoms with E-state index in [1.165, 1.54) is 0 Å². The van der Waals surface area contributed by atoms with Crippen molar-refractivity contribution in [2.24, 2.45) is 0 Å². The zero-order chi connectivity index (χ0) is 11.7. The first-order chi connectivity index (χ1) is 7.67. The third kappa shape index (κ3) is 1.54. The molecule has 0 aliphatic carbocycles. The second-order valence-corrected chi connectivity index (χ2v) is 3.42. The van der Waals surface area contributed by atoms with Crippen molar-refractivity contribution >= 4 is 11.6 Å². The molecule has 0 atom stereocenters. The molecule has 2 rings (SSSR count). The molecule has 5 heteroatoms. The van der Waals surface area contributed by atoms with Crippen molar-refractivity contribution in [2.45, 2.75) is 0 Å². The molecule has 5 nitrogen and oxygen atoms in total. The lowest BCUT2D eigenvalue weighted by Gasteiger charge is -2.26. The predicted octanol–water partition coefficient (Wildman–Crippen LogP) is 1.06. The summed E-state index contributed by atoms with van der Waals surface area (Å²) in [4.78, 5) is 13.0. The first kappa shape index (κ1) is 10.6. The summed E-state index contributed by atoms with van der Waals surface area (Å²) >= 11 is 0. The molecule has 0 saturated heterocycles. The third-order valence-corrected chi connectivity index (χ3v) is 2.55. The van der Waals surface area contributed by atoms with Crippen LogP contribution in [0.2, 0.25) is 0 Å². The summed E-state index contributed by atoms with van der Waals surface area (Å²) in [7, 11) is 4.81. The number of hydrogen-bond donors (Lipinski definition) is 0. The number of likely N-dealkylation sites (N-methyl/N-ethyl adjacent to an activating group) is 1. The minimum absolute atomic E-state index is 0.0545. The van der Waals surface area contributed by atoms with E-state index in [9.17, 15) is 4.79 Å². The molecule has 0 radical (unpaired) electrons. The number of carbonyl (C=O) groups excluding carboxylic acids is 1. The van der Waals surface area contributed by atoms with Gasteiger partial charge in [-0.05, 0) is 0 Å². The fraction of sp³-hybridized carbons (Fsp3) is 0.364. The molecule has 0 aromatic heterocycles. The molecular weight excluding hydrogens is 210 g/mol. The zero-order valence-electron chi connectivity index (χ0n) is 9.44. The highest BCUT2D eigenvalue weighted by Crippen LogP contribution is 2.40. The number of nitrogens with zero attached hydrogens (tertiary/aromatic N) is 1. The largest absolute Gasteiger partial charge is 0.493 e. The Kier molecular flexibility index (Phi) is 2.60. The lowest BCUT2D eigenvalue weighted by atomic mass is 10.2. The van der Waals surface area contributed by atoms with Crippen LogP contribution in [0.5, 0.6) is 17.2 Å². The zero-order valence-corrected chi connectivity index (χ0v) is 9.44. The summed E-state index contributed by atoms with van der Waals surface area (Å²) < 4.78 is 15.6. The third-order valence-electron chi connectivity index (χ3n) is 2.55. The van der Waals surface area contributed by atoms with Crippen LogP contribution in [0.25, 0.3) is 0 Å². The minimum atomic E-state index is -0.0836. The Morgan fingerprint density at radius 1 is 1.25 bits per heavy atom. The Bertz CT molecular complexity index is 430. The highest BCUT2D eigenvalue weighted by molar-refractivity contribution is 5.97. The van der Waals surface area contributed by atoms with Crippen LogP contribution in [0.1, 0.15) is 0 Å². The van der Waals surface area contributed by atoms with Gasteiger partial charge in [-0.15, -0.1) is 0 Å². The van der Waals surface area contributed by atoms with Gasteiger partial charge in [0.15, 0.2) is 18.1 Å². The van der Waals surface area contributed by atoms with Gasteiger partial charge in [-0.1, -0.05) is 0 Å². The first-order valence-corrected chi connectivity index (χ1v) is 4.82. The predicted molar refractivity (Wildman–Crippen MR) is 58.5 cm³/mol. The number of rotatable bonds is 2. The van der Waals surface area contributed by atoms with Crippen LogP contribution in [-0.2, 0) is 4.79 Å². The minimum Gasteiger partial charge on any atom is -0.493 e. The second-order valence-electron chi connectivity index (χ2n) is 3.42. The van der Waals surface area contributed by atoms with Crippen LogP contribution in [0.15, 0.2) is 12.1 Å². The molecule has 1 heterocycles. The summed E-state index contributed by atoms with van der Waals surface area (Å²) in [6.07, 6.45) is 0. The van der Waals surface area contributed by atoms with Crippen molar-refractivity contribution in [1.29, 1.82) is 0 Å². The van der Waals surface area contributed by atoms with Crippen molar-refractivity contribution in [3.63, 3.8) is 0 Å². The molecule has 0 spiro atoms. The van der Waals surface area contributed by atoms with Crippen LogP contribution < -0.4 is 19.1 Å². The van der Waals surface area contributed by atoms with Gasteiger partial charge in [-0.25, -0.2) is 0 Å². The Morgan fingerprint density at radius 3 is 2.50 bits per heavy atom. The number of hydrogen-bond acceptors (Lipinski definition) is 4. The maximum absolute atomic E-state index is 11.4. The number of methoxy groups -OCH3 is 2. The molecule has 1 aliphatic heterocycles. The van der Waals surface area contributed by atoms with Crippen LogP contribution >= 0.6 is 0 Å². The van der Waals surface area contributed by atoms with Crippen molar-refractivity contribution in [1.82, 2.24) is 0 Å². The van der Waals surface area contributed by atoms with Crippen LogP contribution in [0.4, 0.5) is 5.69 Å². The average Bonchev–Trinajstić information content (AvgIpc) is 2.32. The van der Waals surface area contributed by atoms with Crippen LogP contribution in [0.3, 0.4) is 0 Å². The van der Waals surface area contributed by atoms with Gasteiger partial charge in [0.25, 0.3) is 5.91 Å². The molecule has 0 saturated carbocycles. The van der Waals surface area contributed by atoms with Gasteiger partial charge in [-0.2, -0.15) is 0 Å². The van der Waals surface area contributed by atoms with Gasteiger partial charge < -0.3 is 19.1 Å². The number of carbonyl (C=O) groups is 1. The number of fused-ring (bicyclic) bond motifs is 1. The fourth-order valence-electron chi connectivity index (χ4n) is 1.60.